The molecule has 1 amide bonds. The van der Waals surface area contributed by atoms with Gasteiger partial charge in [0.15, 0.2) is 5.76 Å². The molecule has 1 atom stereocenters. The molecular weight excluding hydrogens is 294 g/mol. The third-order valence-electron chi connectivity index (χ3n) is 4.15. The zero-order valence-electron chi connectivity index (χ0n) is 13.5. The molecule has 0 bridgehead atoms. The van der Waals surface area contributed by atoms with Crippen LogP contribution in [0.2, 0.25) is 0 Å². The standard InChI is InChI=1S/C18H21NO4/c1-21-12-15-8-9-17(23-15)18(20)19-10-4-7-16(19)13-5-3-6-14(11-13)22-2/h3,5-6,8-9,11,16H,4,7,10,12H2,1-2H3. The number of furan rings is 1. The fraction of sp³-hybridized carbons (Fsp3) is 0.389. The maximum atomic E-state index is 12.8. The Kier molecular flexibility index (Phi) is 4.67. The van der Waals surface area contributed by atoms with E-state index in [2.05, 4.69) is 0 Å². The van der Waals surface area contributed by atoms with Crippen LogP contribution in [0.15, 0.2) is 40.8 Å². The van der Waals surface area contributed by atoms with Crippen molar-refractivity contribution in [3.63, 3.8) is 0 Å². The maximum absolute atomic E-state index is 12.8. The molecule has 3 rings (SSSR count). The van der Waals surface area contributed by atoms with Crippen LogP contribution in [0.4, 0.5) is 0 Å². The van der Waals surface area contributed by atoms with Crippen LogP contribution in [0.25, 0.3) is 0 Å². The van der Waals surface area contributed by atoms with E-state index in [-0.39, 0.29) is 11.9 Å². The van der Waals surface area contributed by atoms with Crippen molar-refractivity contribution in [3.05, 3.63) is 53.5 Å². The van der Waals surface area contributed by atoms with E-state index in [9.17, 15) is 4.79 Å². The topological polar surface area (TPSA) is 51.9 Å². The van der Waals surface area contributed by atoms with Gasteiger partial charge in [-0.3, -0.25) is 4.79 Å². The van der Waals surface area contributed by atoms with Gasteiger partial charge in [-0.05, 0) is 42.7 Å². The van der Waals surface area contributed by atoms with Crippen LogP contribution in [0.1, 0.15) is 40.8 Å². The first-order valence-electron chi connectivity index (χ1n) is 7.75. The monoisotopic (exact) mass is 315 g/mol. The van der Waals surface area contributed by atoms with Gasteiger partial charge in [-0.2, -0.15) is 0 Å². The van der Waals surface area contributed by atoms with Gasteiger partial charge in [0, 0.05) is 13.7 Å². The second-order valence-corrected chi connectivity index (χ2v) is 5.63. The number of hydrogen-bond acceptors (Lipinski definition) is 4. The van der Waals surface area contributed by atoms with Crippen molar-refractivity contribution in [2.75, 3.05) is 20.8 Å². The smallest absolute Gasteiger partial charge is 0.290 e. The predicted molar refractivity (Wildman–Crippen MR) is 85.4 cm³/mol. The SMILES string of the molecule is COCc1ccc(C(=O)N2CCCC2c2cccc(OC)c2)o1. The molecule has 0 spiro atoms. The average Bonchev–Trinajstić information content (AvgIpc) is 3.24. The van der Waals surface area contributed by atoms with Crippen molar-refractivity contribution in [1.82, 2.24) is 4.90 Å². The molecule has 0 N–H and O–H groups in total. The summed E-state index contributed by atoms with van der Waals surface area (Å²) in [4.78, 5) is 14.6. The maximum Gasteiger partial charge on any atom is 0.290 e. The summed E-state index contributed by atoms with van der Waals surface area (Å²) >= 11 is 0. The van der Waals surface area contributed by atoms with Crippen LogP contribution in [-0.2, 0) is 11.3 Å². The summed E-state index contributed by atoms with van der Waals surface area (Å²) < 4.78 is 15.9. The third-order valence-corrected chi connectivity index (χ3v) is 4.15. The number of ether oxygens (including phenoxy) is 2. The molecule has 122 valence electrons. The van der Waals surface area contributed by atoms with Crippen LogP contribution in [0, 0.1) is 0 Å². The summed E-state index contributed by atoms with van der Waals surface area (Å²) in [6.07, 6.45) is 1.93. The number of benzene rings is 1. The number of rotatable bonds is 5. The van der Waals surface area contributed by atoms with Gasteiger partial charge in [-0.1, -0.05) is 12.1 Å². The second-order valence-electron chi connectivity index (χ2n) is 5.63. The molecule has 1 aromatic heterocycles. The van der Waals surface area contributed by atoms with E-state index in [1.807, 2.05) is 29.2 Å². The molecule has 2 heterocycles. The normalized spacial score (nSPS) is 17.5. The third kappa shape index (κ3) is 3.24. The van der Waals surface area contributed by atoms with Gasteiger partial charge in [-0.25, -0.2) is 0 Å². The van der Waals surface area contributed by atoms with Crippen molar-refractivity contribution in [2.24, 2.45) is 0 Å². The summed E-state index contributed by atoms with van der Waals surface area (Å²) in [7, 11) is 3.25. The summed E-state index contributed by atoms with van der Waals surface area (Å²) in [6.45, 7) is 1.10. The lowest BCUT2D eigenvalue weighted by molar-refractivity contribution is 0.0695. The van der Waals surface area contributed by atoms with E-state index in [0.29, 0.717) is 18.1 Å². The van der Waals surface area contributed by atoms with Crippen LogP contribution in [0.5, 0.6) is 5.75 Å². The average molecular weight is 315 g/mol. The van der Waals surface area contributed by atoms with Crippen LogP contribution in [0.3, 0.4) is 0 Å². The summed E-state index contributed by atoms with van der Waals surface area (Å²) in [5.74, 6) is 1.76. The lowest BCUT2D eigenvalue weighted by atomic mass is 10.0. The van der Waals surface area contributed by atoms with Crippen LogP contribution in [-0.4, -0.2) is 31.6 Å². The fourth-order valence-corrected chi connectivity index (χ4v) is 3.06. The molecule has 1 fully saturated rings. The molecule has 1 aliphatic rings. The quantitative estimate of drug-likeness (QED) is 0.848. The van der Waals surface area contributed by atoms with Crippen LogP contribution < -0.4 is 4.74 Å². The molecule has 1 aliphatic heterocycles. The van der Waals surface area contributed by atoms with Gasteiger partial charge >= 0.3 is 0 Å². The molecule has 1 unspecified atom stereocenters. The van der Waals surface area contributed by atoms with Gasteiger partial charge < -0.3 is 18.8 Å². The lowest BCUT2D eigenvalue weighted by Crippen LogP contribution is -2.30. The summed E-state index contributed by atoms with van der Waals surface area (Å²) in [5, 5.41) is 0. The number of amides is 1. The zero-order chi connectivity index (χ0) is 16.2. The Morgan fingerprint density at radius 3 is 2.96 bits per heavy atom. The molecule has 5 heteroatoms. The highest BCUT2D eigenvalue weighted by Gasteiger charge is 2.32. The minimum absolute atomic E-state index is 0.0635. The summed E-state index contributed by atoms with van der Waals surface area (Å²) in [5.41, 5.74) is 1.10. The Morgan fingerprint density at radius 2 is 2.17 bits per heavy atom. The number of nitrogens with zero attached hydrogens (tertiary/aromatic N) is 1. The van der Waals surface area contributed by atoms with E-state index in [4.69, 9.17) is 13.9 Å². The molecule has 2 aromatic rings. The molecular formula is C18H21NO4. The second kappa shape index (κ2) is 6.87. The largest absolute Gasteiger partial charge is 0.497 e. The Morgan fingerprint density at radius 1 is 1.30 bits per heavy atom. The van der Waals surface area contributed by atoms with Gasteiger partial charge in [0.1, 0.15) is 18.1 Å². The molecule has 1 saturated heterocycles. The van der Waals surface area contributed by atoms with Gasteiger partial charge in [0.05, 0.1) is 13.2 Å². The molecule has 23 heavy (non-hydrogen) atoms. The number of likely N-dealkylation sites (tertiary alicyclic amines) is 1. The summed E-state index contributed by atoms with van der Waals surface area (Å²) in [6, 6.07) is 11.5. The Hall–Kier alpha value is -2.27. The van der Waals surface area contributed by atoms with E-state index in [1.165, 1.54) is 0 Å². The number of hydrogen-bond donors (Lipinski definition) is 0. The van der Waals surface area contributed by atoms with Crippen molar-refractivity contribution in [3.8, 4) is 5.75 Å². The highest BCUT2D eigenvalue weighted by molar-refractivity contribution is 5.92. The Labute approximate surface area is 135 Å². The van der Waals surface area contributed by atoms with E-state index < -0.39 is 0 Å². The molecule has 1 aromatic carbocycles. The number of methoxy groups -OCH3 is 2. The van der Waals surface area contributed by atoms with E-state index >= 15 is 0 Å². The number of carbonyl (C=O) groups is 1. The van der Waals surface area contributed by atoms with Crippen molar-refractivity contribution < 1.29 is 18.7 Å². The molecule has 0 aliphatic carbocycles. The first kappa shape index (κ1) is 15.6. The highest BCUT2D eigenvalue weighted by atomic mass is 16.5. The number of carbonyl (C=O) groups excluding carboxylic acids is 1. The van der Waals surface area contributed by atoms with Crippen molar-refractivity contribution >= 4 is 5.91 Å². The highest BCUT2D eigenvalue weighted by Crippen LogP contribution is 2.34. The first-order chi connectivity index (χ1) is 11.2. The van der Waals surface area contributed by atoms with Gasteiger partial charge in [-0.15, -0.1) is 0 Å². The molecule has 0 saturated carbocycles. The zero-order valence-corrected chi connectivity index (χ0v) is 13.5. The van der Waals surface area contributed by atoms with Crippen molar-refractivity contribution in [1.29, 1.82) is 0 Å². The predicted octanol–water partition coefficient (Wildman–Crippen LogP) is 3.41. The Balaban J connectivity index is 1.81. The minimum atomic E-state index is -0.0716. The first-order valence-corrected chi connectivity index (χ1v) is 7.75. The minimum Gasteiger partial charge on any atom is -0.497 e. The lowest BCUT2D eigenvalue weighted by Gasteiger charge is -2.24. The Bertz CT molecular complexity index is 679. The van der Waals surface area contributed by atoms with E-state index in [1.54, 1.807) is 26.4 Å². The molecule has 5 nitrogen and oxygen atoms in total. The van der Waals surface area contributed by atoms with Gasteiger partial charge in [0.2, 0.25) is 0 Å². The van der Waals surface area contributed by atoms with Gasteiger partial charge in [0.25, 0.3) is 5.91 Å². The van der Waals surface area contributed by atoms with Crippen molar-refractivity contribution in [2.45, 2.75) is 25.5 Å². The molecule has 0 radical (unpaired) electrons. The van der Waals surface area contributed by atoms with Crippen LogP contribution >= 0.6 is 0 Å². The van der Waals surface area contributed by atoms with E-state index in [0.717, 1.165) is 30.7 Å². The fourth-order valence-electron chi connectivity index (χ4n) is 3.06.